The van der Waals surface area contributed by atoms with E-state index in [0.29, 0.717) is 31.0 Å². The molecule has 0 bridgehead atoms. The standard InChI is InChI=1S/C21H22N2O4/c1-14-10-15(2)20-16(12-19(24)27-18(20)11-14)13-22-5-7-23(8-6-22)21(25)17-4-3-9-26-17/h3-4,9-12H,5-8,13H2,1-2H3. The van der Waals surface area contributed by atoms with Crippen molar-refractivity contribution in [1.82, 2.24) is 9.80 Å². The maximum absolute atomic E-state index is 12.4. The molecule has 27 heavy (non-hydrogen) atoms. The van der Waals surface area contributed by atoms with Crippen LogP contribution in [-0.4, -0.2) is 41.9 Å². The van der Waals surface area contributed by atoms with Crippen LogP contribution in [0.1, 0.15) is 27.2 Å². The van der Waals surface area contributed by atoms with Crippen LogP contribution in [0.25, 0.3) is 11.0 Å². The molecular formula is C21H22N2O4. The van der Waals surface area contributed by atoms with Crippen LogP contribution in [0.5, 0.6) is 0 Å². The molecule has 6 heteroatoms. The van der Waals surface area contributed by atoms with Crippen molar-refractivity contribution < 1.29 is 13.6 Å². The van der Waals surface area contributed by atoms with Crippen molar-refractivity contribution in [3.8, 4) is 0 Å². The first kappa shape index (κ1) is 17.5. The number of piperazine rings is 1. The summed E-state index contributed by atoms with van der Waals surface area (Å²) in [6.45, 7) is 7.47. The number of benzene rings is 1. The minimum atomic E-state index is -0.325. The van der Waals surface area contributed by atoms with Gasteiger partial charge in [0.25, 0.3) is 5.91 Å². The van der Waals surface area contributed by atoms with Gasteiger partial charge in [0, 0.05) is 44.2 Å². The monoisotopic (exact) mass is 366 g/mol. The topological polar surface area (TPSA) is 66.9 Å². The van der Waals surface area contributed by atoms with E-state index in [-0.39, 0.29) is 11.5 Å². The predicted octanol–water partition coefficient (Wildman–Crippen LogP) is 2.96. The van der Waals surface area contributed by atoms with Crippen molar-refractivity contribution in [3.63, 3.8) is 0 Å². The van der Waals surface area contributed by atoms with Gasteiger partial charge in [0.05, 0.1) is 6.26 Å². The summed E-state index contributed by atoms with van der Waals surface area (Å²) in [6, 6.07) is 9.01. The minimum Gasteiger partial charge on any atom is -0.459 e. The number of nitrogens with zero attached hydrogens (tertiary/aromatic N) is 2. The number of carbonyl (C=O) groups is 1. The molecule has 2 aromatic heterocycles. The van der Waals surface area contributed by atoms with Gasteiger partial charge in [0.2, 0.25) is 0 Å². The van der Waals surface area contributed by atoms with Gasteiger partial charge >= 0.3 is 5.63 Å². The second-order valence-corrected chi connectivity index (χ2v) is 7.09. The fraction of sp³-hybridized carbons (Fsp3) is 0.333. The van der Waals surface area contributed by atoms with Crippen LogP contribution in [0.15, 0.2) is 50.2 Å². The number of furan rings is 1. The van der Waals surface area contributed by atoms with Crippen molar-refractivity contribution in [2.75, 3.05) is 26.2 Å². The average Bonchev–Trinajstić information content (AvgIpc) is 3.15. The van der Waals surface area contributed by atoms with Gasteiger partial charge in [-0.15, -0.1) is 0 Å². The minimum absolute atomic E-state index is 0.0724. The lowest BCUT2D eigenvalue weighted by molar-refractivity contribution is 0.0598. The quantitative estimate of drug-likeness (QED) is 0.667. The van der Waals surface area contributed by atoms with Gasteiger partial charge in [-0.1, -0.05) is 6.07 Å². The van der Waals surface area contributed by atoms with E-state index < -0.39 is 0 Å². The van der Waals surface area contributed by atoms with E-state index in [9.17, 15) is 9.59 Å². The Balaban J connectivity index is 1.51. The van der Waals surface area contributed by atoms with E-state index >= 15 is 0 Å². The zero-order chi connectivity index (χ0) is 19.0. The summed E-state index contributed by atoms with van der Waals surface area (Å²) in [7, 11) is 0. The Kier molecular flexibility index (Phi) is 4.58. The van der Waals surface area contributed by atoms with Gasteiger partial charge in [0.1, 0.15) is 5.58 Å². The summed E-state index contributed by atoms with van der Waals surface area (Å²) in [5.74, 6) is 0.304. The fourth-order valence-electron chi connectivity index (χ4n) is 3.80. The molecule has 0 saturated carbocycles. The summed E-state index contributed by atoms with van der Waals surface area (Å²) >= 11 is 0. The predicted molar refractivity (Wildman–Crippen MR) is 102 cm³/mol. The molecule has 1 fully saturated rings. The molecule has 0 atom stereocenters. The molecule has 0 radical (unpaired) electrons. The van der Waals surface area contributed by atoms with Crippen molar-refractivity contribution in [3.05, 3.63) is 69.5 Å². The first-order chi connectivity index (χ1) is 13.0. The molecule has 1 saturated heterocycles. The first-order valence-corrected chi connectivity index (χ1v) is 9.10. The van der Waals surface area contributed by atoms with E-state index in [1.54, 1.807) is 23.1 Å². The van der Waals surface area contributed by atoms with Gasteiger partial charge in [-0.2, -0.15) is 0 Å². The number of rotatable bonds is 3. The van der Waals surface area contributed by atoms with Gasteiger partial charge in [-0.25, -0.2) is 4.79 Å². The van der Waals surface area contributed by atoms with Crippen LogP contribution in [-0.2, 0) is 6.54 Å². The van der Waals surface area contributed by atoms with Crippen LogP contribution in [0, 0.1) is 13.8 Å². The second kappa shape index (κ2) is 7.04. The molecule has 1 aliphatic rings. The van der Waals surface area contributed by atoms with Crippen molar-refractivity contribution in [2.24, 2.45) is 0 Å². The molecule has 0 unspecified atom stereocenters. The summed E-state index contributed by atoms with van der Waals surface area (Å²) in [4.78, 5) is 28.4. The molecule has 1 amide bonds. The highest BCUT2D eigenvalue weighted by Crippen LogP contribution is 2.24. The smallest absolute Gasteiger partial charge is 0.336 e. The van der Waals surface area contributed by atoms with Gasteiger partial charge < -0.3 is 13.7 Å². The summed E-state index contributed by atoms with van der Waals surface area (Å²) in [5.41, 5.74) is 3.47. The van der Waals surface area contributed by atoms with Crippen molar-refractivity contribution in [1.29, 1.82) is 0 Å². The highest BCUT2D eigenvalue weighted by molar-refractivity contribution is 5.91. The molecule has 1 aliphatic heterocycles. The lowest BCUT2D eigenvalue weighted by atomic mass is 10.0. The summed E-state index contributed by atoms with van der Waals surface area (Å²) in [6.07, 6.45) is 1.51. The highest BCUT2D eigenvalue weighted by Gasteiger charge is 2.24. The molecule has 0 N–H and O–H groups in total. The third-order valence-corrected chi connectivity index (χ3v) is 5.05. The molecule has 0 aliphatic carbocycles. The number of carbonyl (C=O) groups excluding carboxylic acids is 1. The first-order valence-electron chi connectivity index (χ1n) is 9.10. The SMILES string of the molecule is Cc1cc(C)c2c(CN3CCN(C(=O)c4ccco4)CC3)cc(=O)oc2c1. The van der Waals surface area contributed by atoms with Crippen LogP contribution < -0.4 is 5.63 Å². The molecule has 1 aromatic carbocycles. The Morgan fingerprint density at radius 3 is 2.59 bits per heavy atom. The van der Waals surface area contributed by atoms with Crippen LogP contribution in [0.2, 0.25) is 0 Å². The Labute approximate surface area is 157 Å². The largest absolute Gasteiger partial charge is 0.459 e. The van der Waals surface area contributed by atoms with E-state index in [2.05, 4.69) is 11.0 Å². The van der Waals surface area contributed by atoms with E-state index in [0.717, 1.165) is 35.2 Å². The zero-order valence-electron chi connectivity index (χ0n) is 15.5. The zero-order valence-corrected chi connectivity index (χ0v) is 15.5. The number of fused-ring (bicyclic) bond motifs is 1. The number of aryl methyl sites for hydroxylation is 2. The summed E-state index contributed by atoms with van der Waals surface area (Å²) < 4.78 is 10.6. The highest BCUT2D eigenvalue weighted by atomic mass is 16.4. The van der Waals surface area contributed by atoms with E-state index in [1.807, 2.05) is 19.9 Å². The number of amides is 1. The third-order valence-electron chi connectivity index (χ3n) is 5.05. The molecule has 140 valence electrons. The molecule has 0 spiro atoms. The molecule has 4 rings (SSSR count). The molecule has 3 aromatic rings. The number of hydrogen-bond donors (Lipinski definition) is 0. The van der Waals surface area contributed by atoms with Gasteiger partial charge in [0.15, 0.2) is 5.76 Å². The Bertz CT molecular complexity index is 1030. The maximum Gasteiger partial charge on any atom is 0.336 e. The third kappa shape index (κ3) is 3.53. The summed E-state index contributed by atoms with van der Waals surface area (Å²) in [5, 5.41) is 1.01. The van der Waals surface area contributed by atoms with E-state index in [1.165, 1.54) is 6.26 Å². The second-order valence-electron chi connectivity index (χ2n) is 7.09. The van der Waals surface area contributed by atoms with Crippen LogP contribution in [0.3, 0.4) is 0 Å². The lowest BCUT2D eigenvalue weighted by Crippen LogP contribution is -2.48. The Morgan fingerprint density at radius 1 is 1.11 bits per heavy atom. The van der Waals surface area contributed by atoms with E-state index in [4.69, 9.17) is 8.83 Å². The molecule has 6 nitrogen and oxygen atoms in total. The Morgan fingerprint density at radius 2 is 1.89 bits per heavy atom. The molecular weight excluding hydrogens is 344 g/mol. The fourth-order valence-corrected chi connectivity index (χ4v) is 3.80. The Hall–Kier alpha value is -2.86. The number of hydrogen-bond acceptors (Lipinski definition) is 5. The van der Waals surface area contributed by atoms with Crippen LogP contribution in [0.4, 0.5) is 0 Å². The normalized spacial score (nSPS) is 15.4. The van der Waals surface area contributed by atoms with Crippen molar-refractivity contribution in [2.45, 2.75) is 20.4 Å². The lowest BCUT2D eigenvalue weighted by Gasteiger charge is -2.34. The average molecular weight is 366 g/mol. The molecule has 3 heterocycles. The van der Waals surface area contributed by atoms with Gasteiger partial charge in [-0.05, 0) is 48.7 Å². The van der Waals surface area contributed by atoms with Crippen LogP contribution >= 0.6 is 0 Å². The van der Waals surface area contributed by atoms with Gasteiger partial charge in [-0.3, -0.25) is 9.69 Å². The maximum atomic E-state index is 12.4. The van der Waals surface area contributed by atoms with Crippen molar-refractivity contribution >= 4 is 16.9 Å².